The van der Waals surface area contributed by atoms with Gasteiger partial charge < -0.3 is 0 Å². The van der Waals surface area contributed by atoms with Crippen molar-refractivity contribution in [3.63, 3.8) is 0 Å². The Kier molecular flexibility index (Phi) is 10.1. The van der Waals surface area contributed by atoms with Crippen LogP contribution in [0.4, 0.5) is 0 Å². The zero-order chi connectivity index (χ0) is 9.00. The predicted molar refractivity (Wildman–Crippen MR) is 2.75 cm³/mol. The molecule has 0 amide bonds. The van der Waals surface area contributed by atoms with Crippen LogP contribution in [0, 0.1) is 0 Å². The van der Waals surface area contributed by atoms with Crippen LogP contribution in [0.25, 0.3) is 0 Å². The van der Waals surface area contributed by atoms with Gasteiger partial charge in [0.05, 0.1) is 0 Å². The molecule has 0 aromatic heterocycles. The molecule has 0 fully saturated rings. The zero-order valence-corrected chi connectivity index (χ0v) is 9.11. The molecule has 1 radical (unpaired) electrons. The van der Waals surface area contributed by atoms with Crippen molar-refractivity contribution < 1.29 is 78.9 Å². The van der Waals surface area contributed by atoms with Gasteiger partial charge in [-0.05, 0) is 0 Å². The molecule has 0 aliphatic carbocycles. The first-order valence-corrected chi connectivity index (χ1v) is 5.09. The van der Waals surface area contributed by atoms with Crippen LogP contribution in [0.2, 0.25) is 0 Å². The molecule has 0 rings (SSSR count). The second-order valence-electron chi connectivity index (χ2n) is 0.756. The van der Waals surface area contributed by atoms with Gasteiger partial charge in [0, 0.05) is 0 Å². The van der Waals surface area contributed by atoms with E-state index in [1.807, 2.05) is 0 Å². The molecule has 0 aliphatic heterocycles. The summed E-state index contributed by atoms with van der Waals surface area (Å²) in [5.74, 6) is 0. The Labute approximate surface area is 78.8 Å². The van der Waals surface area contributed by atoms with Crippen LogP contribution >= 0.6 is 0 Å². The van der Waals surface area contributed by atoms with Crippen molar-refractivity contribution in [1.29, 1.82) is 0 Å². The summed E-state index contributed by atoms with van der Waals surface area (Å²) in [6.45, 7) is 0. The first-order valence-electron chi connectivity index (χ1n) is 1.23. The fraction of sp³-hybridized carbons (Fsp3) is 0. The monoisotopic (exact) mass is 431 g/mol. The molecule has 0 spiro atoms. The maximum absolute atomic E-state index is 8.58. The normalized spacial score (nSPS) is 10.5. The van der Waals surface area contributed by atoms with Crippen molar-refractivity contribution in [3.05, 3.63) is 0 Å². The molecule has 11 heavy (non-hydrogen) atoms. The Bertz CT molecular complexity index is 208. The van der Waals surface area contributed by atoms with Crippen LogP contribution < -0.4 is 16.8 Å². The molecule has 71 valence electrons. The SMILES string of the molecule is [Ir+4].[O]=[Mn](=[O])([O-])[O-].[O]=[Mn](=[O])([O-])[O-]. The fourth-order valence-electron chi connectivity index (χ4n) is 0. The molecule has 8 nitrogen and oxygen atoms in total. The molecule has 0 saturated heterocycles. The van der Waals surface area contributed by atoms with Gasteiger partial charge in [-0.3, -0.25) is 0 Å². The molecule has 0 heterocycles. The first-order chi connectivity index (χ1) is 4.00. The summed E-state index contributed by atoms with van der Waals surface area (Å²) in [5.41, 5.74) is 0. The molecule has 0 N–H and O–H groups in total. The van der Waals surface area contributed by atoms with Gasteiger partial charge in [-0.1, -0.05) is 0 Å². The van der Waals surface area contributed by atoms with E-state index in [-0.39, 0.29) is 20.1 Å². The third-order valence-electron chi connectivity index (χ3n) is 0. The van der Waals surface area contributed by atoms with Gasteiger partial charge in [-0.2, -0.15) is 0 Å². The molecule has 11 heteroatoms. The third-order valence-corrected chi connectivity index (χ3v) is 0. The van der Waals surface area contributed by atoms with E-state index >= 15 is 0 Å². The average Bonchev–Trinajstić information content (AvgIpc) is 1.12. The Hall–Kier alpha value is 0.728. The van der Waals surface area contributed by atoms with Crippen LogP contribution in [0.3, 0.4) is 0 Å². The molecular formula is IrMn2O8. The van der Waals surface area contributed by atoms with E-state index < -0.39 is 26.7 Å². The first kappa shape index (κ1) is 17.7. The summed E-state index contributed by atoms with van der Waals surface area (Å²) in [7, 11) is 0. The van der Waals surface area contributed by atoms with Crippen LogP contribution in [0.15, 0.2) is 0 Å². The van der Waals surface area contributed by atoms with E-state index in [4.69, 9.17) is 32.1 Å². The number of hydrogen-bond acceptors (Lipinski definition) is 8. The predicted octanol–water partition coefficient (Wildman–Crippen LogP) is -5.24. The summed E-state index contributed by atoms with van der Waals surface area (Å²) in [6, 6.07) is 0. The minimum absolute atomic E-state index is 0. The van der Waals surface area contributed by atoms with Crippen LogP contribution in [-0.2, 0) is 62.2 Å². The van der Waals surface area contributed by atoms with E-state index in [0.717, 1.165) is 0 Å². The van der Waals surface area contributed by atoms with Gasteiger partial charge in [0.2, 0.25) is 0 Å². The minimum atomic E-state index is -5.62. The van der Waals surface area contributed by atoms with E-state index in [1.54, 1.807) is 0 Å². The Morgan fingerprint density at radius 3 is 0.636 bits per heavy atom. The van der Waals surface area contributed by atoms with E-state index in [1.165, 1.54) is 0 Å². The number of hydrogen-bond donors (Lipinski definition) is 0. The van der Waals surface area contributed by atoms with Crippen molar-refractivity contribution in [1.82, 2.24) is 0 Å². The zero-order valence-electron chi connectivity index (χ0n) is 4.36. The van der Waals surface area contributed by atoms with Crippen molar-refractivity contribution in [3.8, 4) is 0 Å². The summed E-state index contributed by atoms with van der Waals surface area (Å²) >= 11 is -11.2. The van der Waals surface area contributed by atoms with Crippen molar-refractivity contribution >= 4 is 0 Å². The quantitative estimate of drug-likeness (QED) is 0.345. The number of rotatable bonds is 0. The van der Waals surface area contributed by atoms with E-state index in [2.05, 4.69) is 0 Å². The Balaban J connectivity index is -0.000000107. The third kappa shape index (κ3) is 1540. The molecule has 0 saturated carbocycles. The van der Waals surface area contributed by atoms with Crippen LogP contribution in [-0.4, -0.2) is 0 Å². The summed E-state index contributed by atoms with van der Waals surface area (Å²) < 4.78 is 68.6. The topological polar surface area (TPSA) is 161 Å². The fourth-order valence-corrected chi connectivity index (χ4v) is 0. The van der Waals surface area contributed by atoms with Crippen LogP contribution in [0.1, 0.15) is 0 Å². The van der Waals surface area contributed by atoms with Crippen LogP contribution in [0.5, 0.6) is 0 Å². The average molecular weight is 430 g/mol. The van der Waals surface area contributed by atoms with Gasteiger partial charge >= 0.3 is 78.9 Å². The Morgan fingerprint density at radius 1 is 0.636 bits per heavy atom. The molecule has 0 aliphatic rings. The Morgan fingerprint density at radius 2 is 0.636 bits per heavy atom. The van der Waals surface area contributed by atoms with Crippen molar-refractivity contribution in [2.75, 3.05) is 0 Å². The van der Waals surface area contributed by atoms with Crippen molar-refractivity contribution in [2.45, 2.75) is 0 Å². The van der Waals surface area contributed by atoms with Gasteiger partial charge in [0.1, 0.15) is 0 Å². The molecule has 0 bridgehead atoms. The maximum atomic E-state index is 8.58. The van der Waals surface area contributed by atoms with E-state index in [9.17, 15) is 0 Å². The van der Waals surface area contributed by atoms with Crippen molar-refractivity contribution in [2.24, 2.45) is 0 Å². The summed E-state index contributed by atoms with van der Waals surface area (Å²) in [6.07, 6.45) is 0. The second-order valence-corrected chi connectivity index (χ2v) is 3.12. The van der Waals surface area contributed by atoms with Gasteiger partial charge in [-0.15, -0.1) is 0 Å². The van der Waals surface area contributed by atoms with E-state index in [0.29, 0.717) is 0 Å². The summed E-state index contributed by atoms with van der Waals surface area (Å²) in [4.78, 5) is 0. The van der Waals surface area contributed by atoms with Gasteiger partial charge in [0.25, 0.3) is 0 Å². The second kappa shape index (κ2) is 6.27. The molecular weight excluding hydrogens is 430 g/mol. The molecule has 0 aromatic carbocycles. The summed E-state index contributed by atoms with van der Waals surface area (Å²) in [5, 5.41) is 0. The standard InChI is InChI=1S/Ir.2Mn.8O/q+4;;;;;;;4*-1. The molecule has 0 atom stereocenters. The molecule has 0 unspecified atom stereocenters. The van der Waals surface area contributed by atoms with Gasteiger partial charge in [-0.25, -0.2) is 0 Å². The molecule has 0 aromatic rings. The van der Waals surface area contributed by atoms with Gasteiger partial charge in [0.15, 0.2) is 0 Å².